The maximum absolute atomic E-state index is 12.3. The topological polar surface area (TPSA) is 142 Å². The summed E-state index contributed by atoms with van der Waals surface area (Å²) in [6.07, 6.45) is 3.19. The van der Waals surface area contributed by atoms with Crippen molar-refractivity contribution in [1.82, 2.24) is 10.9 Å². The number of carbonyl (C=O) groups is 2. The summed E-state index contributed by atoms with van der Waals surface area (Å²) in [7, 11) is 3.09. The number of hydrogen-bond acceptors (Lipinski definition) is 8. The minimum Gasteiger partial charge on any atom is -0.507 e. The smallest absolute Gasteiger partial charge is 0.271 e. The van der Waals surface area contributed by atoms with E-state index in [9.17, 15) is 19.8 Å². The second-order valence-electron chi connectivity index (χ2n) is 8.82. The Morgan fingerprint density at radius 1 is 0.659 bits per heavy atom. The summed E-state index contributed by atoms with van der Waals surface area (Å²) >= 11 is 0. The highest BCUT2D eigenvalue weighted by atomic mass is 16.5. The quantitative estimate of drug-likeness (QED) is 0.171. The monoisotopic (exact) mass is 552 g/mol. The van der Waals surface area contributed by atoms with Crippen LogP contribution in [0, 0.1) is 0 Å². The van der Waals surface area contributed by atoms with Gasteiger partial charge in [-0.05, 0) is 90.3 Å². The van der Waals surface area contributed by atoms with Crippen LogP contribution in [-0.2, 0) is 6.42 Å². The van der Waals surface area contributed by atoms with Gasteiger partial charge >= 0.3 is 0 Å². The predicted octanol–water partition coefficient (Wildman–Crippen LogP) is 4.23. The number of nitrogens with zero attached hydrogens (tertiary/aromatic N) is 2. The zero-order valence-electron chi connectivity index (χ0n) is 22.4. The first-order chi connectivity index (χ1) is 19.9. The number of nitrogens with one attached hydrogen (secondary N) is 2. The summed E-state index contributed by atoms with van der Waals surface area (Å²) < 4.78 is 10.2. The van der Waals surface area contributed by atoms with Gasteiger partial charge in [0.2, 0.25) is 0 Å². The third kappa shape index (κ3) is 7.70. The molecule has 4 N–H and O–H groups in total. The Balaban J connectivity index is 1.39. The van der Waals surface area contributed by atoms with Crippen LogP contribution in [0.3, 0.4) is 0 Å². The second-order valence-corrected chi connectivity index (χ2v) is 8.82. The van der Waals surface area contributed by atoms with Crippen LogP contribution < -0.4 is 20.3 Å². The minimum atomic E-state index is -0.405. The highest BCUT2D eigenvalue weighted by molar-refractivity contribution is 5.96. The van der Waals surface area contributed by atoms with Crippen molar-refractivity contribution >= 4 is 24.2 Å². The maximum Gasteiger partial charge on any atom is 0.271 e. The zero-order chi connectivity index (χ0) is 29.2. The first kappa shape index (κ1) is 28.4. The lowest BCUT2D eigenvalue weighted by molar-refractivity contribution is 0.0947. The second kappa shape index (κ2) is 13.4. The van der Waals surface area contributed by atoms with Crippen LogP contribution in [0.15, 0.2) is 95.1 Å². The number of aromatic hydroxyl groups is 2. The van der Waals surface area contributed by atoms with E-state index in [2.05, 4.69) is 21.1 Å². The number of amides is 2. The molecular formula is C31H28N4O6. The normalized spacial score (nSPS) is 11.0. The number of ether oxygens (including phenoxy) is 2. The molecule has 0 saturated heterocycles. The van der Waals surface area contributed by atoms with Gasteiger partial charge in [0.05, 0.1) is 26.6 Å². The predicted molar refractivity (Wildman–Crippen MR) is 155 cm³/mol. The highest BCUT2D eigenvalue weighted by Crippen LogP contribution is 2.22. The van der Waals surface area contributed by atoms with Gasteiger partial charge in [-0.3, -0.25) is 9.59 Å². The van der Waals surface area contributed by atoms with E-state index in [4.69, 9.17) is 9.47 Å². The van der Waals surface area contributed by atoms with Crippen LogP contribution in [-0.4, -0.2) is 48.7 Å². The molecule has 2 amide bonds. The molecule has 0 aliphatic rings. The van der Waals surface area contributed by atoms with Gasteiger partial charge in [-0.15, -0.1) is 0 Å². The largest absolute Gasteiger partial charge is 0.507 e. The number of carbonyl (C=O) groups excluding carboxylic acids is 2. The van der Waals surface area contributed by atoms with Crippen LogP contribution in [0.1, 0.15) is 43.0 Å². The lowest BCUT2D eigenvalue weighted by Gasteiger charge is -2.07. The molecule has 0 spiro atoms. The lowest BCUT2D eigenvalue weighted by Crippen LogP contribution is -2.17. The van der Waals surface area contributed by atoms with Crippen LogP contribution in [0.4, 0.5) is 0 Å². The molecule has 0 bridgehead atoms. The van der Waals surface area contributed by atoms with Crippen LogP contribution in [0.5, 0.6) is 23.0 Å². The van der Waals surface area contributed by atoms with E-state index in [0.29, 0.717) is 40.2 Å². The van der Waals surface area contributed by atoms with Crippen molar-refractivity contribution in [1.29, 1.82) is 0 Å². The van der Waals surface area contributed by atoms with Crippen LogP contribution in [0.25, 0.3) is 0 Å². The fourth-order valence-electron chi connectivity index (χ4n) is 3.81. The molecule has 10 nitrogen and oxygen atoms in total. The third-order valence-electron chi connectivity index (χ3n) is 6.04. The standard InChI is InChI=1S/C31H28N4O6/c1-40-26-9-5-22(6-10-26)30(38)34-32-18-24-16-20(3-13-28(24)36)15-21-4-14-29(37)25(17-21)19-33-35-31(39)23-7-11-27(41-2)12-8-23/h3-14,16-19,36-37H,15H2,1-2H3,(H,34,38)(H,35,39)/b32-18-,33-19-. The van der Waals surface area contributed by atoms with Gasteiger partial charge in [0.25, 0.3) is 11.8 Å². The molecular weight excluding hydrogens is 524 g/mol. The lowest BCUT2D eigenvalue weighted by atomic mass is 10.0. The number of rotatable bonds is 10. The molecule has 0 aromatic heterocycles. The summed E-state index contributed by atoms with van der Waals surface area (Å²) in [5.41, 5.74) is 8.24. The average Bonchev–Trinajstić information content (AvgIpc) is 3.00. The van der Waals surface area contributed by atoms with E-state index in [1.54, 1.807) is 99.1 Å². The Morgan fingerprint density at radius 3 is 1.41 bits per heavy atom. The SMILES string of the molecule is COc1ccc(C(=O)N/N=C\c2cc(Cc3ccc(O)c(/C=N\NC(=O)c4ccc(OC)cc4)c3)ccc2O)cc1. The molecule has 4 aromatic carbocycles. The van der Waals surface area contributed by atoms with E-state index in [0.717, 1.165) is 11.1 Å². The Kier molecular flexibility index (Phi) is 9.29. The van der Waals surface area contributed by atoms with Gasteiger partial charge in [0, 0.05) is 22.3 Å². The Morgan fingerprint density at radius 2 is 1.05 bits per heavy atom. The van der Waals surface area contributed by atoms with Crippen molar-refractivity contribution in [2.45, 2.75) is 6.42 Å². The molecule has 0 fully saturated rings. The molecule has 0 heterocycles. The van der Waals surface area contributed by atoms with Crippen molar-refractivity contribution in [3.63, 3.8) is 0 Å². The molecule has 4 aromatic rings. The Hall–Kier alpha value is -5.64. The summed E-state index contributed by atoms with van der Waals surface area (Å²) in [5.74, 6) is 0.466. The van der Waals surface area contributed by atoms with E-state index >= 15 is 0 Å². The minimum absolute atomic E-state index is 0.00215. The van der Waals surface area contributed by atoms with E-state index in [1.807, 2.05) is 0 Å². The number of hydrogen-bond donors (Lipinski definition) is 4. The van der Waals surface area contributed by atoms with E-state index in [-0.39, 0.29) is 11.5 Å². The molecule has 4 rings (SSSR count). The van der Waals surface area contributed by atoms with Crippen LogP contribution in [0.2, 0.25) is 0 Å². The van der Waals surface area contributed by atoms with Gasteiger partial charge in [0.1, 0.15) is 23.0 Å². The number of phenols is 2. The first-order valence-electron chi connectivity index (χ1n) is 12.4. The van der Waals surface area contributed by atoms with Gasteiger partial charge in [0.15, 0.2) is 0 Å². The van der Waals surface area contributed by atoms with Crippen molar-refractivity contribution in [3.8, 4) is 23.0 Å². The average molecular weight is 553 g/mol. The Labute approximate surface area is 236 Å². The van der Waals surface area contributed by atoms with Gasteiger partial charge < -0.3 is 19.7 Å². The van der Waals surface area contributed by atoms with Crippen molar-refractivity contribution in [3.05, 3.63) is 118 Å². The molecule has 0 radical (unpaired) electrons. The summed E-state index contributed by atoms with van der Waals surface area (Å²) in [5, 5.41) is 28.5. The highest BCUT2D eigenvalue weighted by Gasteiger charge is 2.08. The number of methoxy groups -OCH3 is 2. The van der Waals surface area contributed by atoms with Crippen molar-refractivity contribution in [2.24, 2.45) is 10.2 Å². The molecule has 208 valence electrons. The Bertz CT molecular complexity index is 1460. The molecule has 0 unspecified atom stereocenters. The number of hydrazone groups is 2. The molecule has 0 aliphatic carbocycles. The summed E-state index contributed by atoms with van der Waals surface area (Å²) in [4.78, 5) is 24.6. The zero-order valence-corrected chi connectivity index (χ0v) is 22.4. The fraction of sp³-hybridized carbons (Fsp3) is 0.0968. The van der Waals surface area contributed by atoms with E-state index in [1.165, 1.54) is 12.4 Å². The molecule has 0 aliphatic heterocycles. The number of phenolic OH excluding ortho intramolecular Hbond substituents is 2. The van der Waals surface area contributed by atoms with Gasteiger partial charge in [-0.25, -0.2) is 10.9 Å². The fourth-order valence-corrected chi connectivity index (χ4v) is 3.81. The van der Waals surface area contributed by atoms with Gasteiger partial charge in [-0.2, -0.15) is 10.2 Å². The molecule has 41 heavy (non-hydrogen) atoms. The van der Waals surface area contributed by atoms with E-state index < -0.39 is 11.8 Å². The third-order valence-corrected chi connectivity index (χ3v) is 6.04. The van der Waals surface area contributed by atoms with Gasteiger partial charge in [-0.1, -0.05) is 12.1 Å². The maximum atomic E-state index is 12.3. The molecule has 0 atom stereocenters. The van der Waals surface area contributed by atoms with Crippen molar-refractivity contribution in [2.75, 3.05) is 14.2 Å². The number of benzene rings is 4. The van der Waals surface area contributed by atoms with Crippen LogP contribution >= 0.6 is 0 Å². The molecule has 0 saturated carbocycles. The first-order valence-corrected chi connectivity index (χ1v) is 12.4. The summed E-state index contributed by atoms with van der Waals surface area (Å²) in [6, 6.07) is 23.3. The molecule has 10 heteroatoms. The summed E-state index contributed by atoms with van der Waals surface area (Å²) in [6.45, 7) is 0. The van der Waals surface area contributed by atoms with Crippen molar-refractivity contribution < 1.29 is 29.3 Å².